The van der Waals surface area contributed by atoms with Crippen molar-refractivity contribution in [3.05, 3.63) is 11.8 Å². The van der Waals surface area contributed by atoms with E-state index in [1.54, 1.807) is 13.0 Å². The van der Waals surface area contributed by atoms with Crippen LogP contribution in [0.3, 0.4) is 0 Å². The van der Waals surface area contributed by atoms with Gasteiger partial charge >= 0.3 is 0 Å². The van der Waals surface area contributed by atoms with Crippen LogP contribution in [0, 0.1) is 0 Å². The molecule has 12 heavy (non-hydrogen) atoms. The summed E-state index contributed by atoms with van der Waals surface area (Å²) in [4.78, 5) is 23.4. The third-order valence-corrected chi connectivity index (χ3v) is 1.89. The lowest BCUT2D eigenvalue weighted by molar-refractivity contribution is -0.129. The van der Waals surface area contributed by atoms with E-state index < -0.39 is 5.91 Å². The average Bonchev–Trinajstić information content (AvgIpc) is 2.38. The molecule has 0 aromatic rings. The van der Waals surface area contributed by atoms with Crippen molar-refractivity contribution in [3.8, 4) is 0 Å². The zero-order valence-corrected chi connectivity index (χ0v) is 7.04. The van der Waals surface area contributed by atoms with Gasteiger partial charge in [-0.3, -0.25) is 9.59 Å². The van der Waals surface area contributed by atoms with E-state index in [1.165, 1.54) is 4.90 Å². The van der Waals surface area contributed by atoms with E-state index in [2.05, 4.69) is 0 Å². The Hall–Kier alpha value is -1.32. The maximum absolute atomic E-state index is 11.2. The number of likely N-dealkylation sites (tertiary alicyclic amines) is 1. The largest absolute Gasteiger partial charge is 0.364 e. The van der Waals surface area contributed by atoms with Crippen molar-refractivity contribution in [1.29, 1.82) is 0 Å². The molecule has 0 aromatic heterocycles. The molecule has 4 heteroatoms. The molecule has 0 aromatic carbocycles. The summed E-state index contributed by atoms with van der Waals surface area (Å²) in [7, 11) is 0. The molecule has 2 N–H and O–H groups in total. The lowest BCUT2D eigenvalue weighted by Crippen LogP contribution is -2.32. The molecular weight excluding hydrogens is 156 g/mol. The topological polar surface area (TPSA) is 63.4 Å². The lowest BCUT2D eigenvalue weighted by atomic mass is 10.3. The van der Waals surface area contributed by atoms with Crippen LogP contribution < -0.4 is 5.73 Å². The number of hydrogen-bond donors (Lipinski definition) is 1. The highest BCUT2D eigenvalue weighted by atomic mass is 16.2. The van der Waals surface area contributed by atoms with Crippen LogP contribution in [-0.2, 0) is 9.59 Å². The number of carbonyl (C=O) groups excluding carboxylic acids is 2. The van der Waals surface area contributed by atoms with Crippen LogP contribution in [0.2, 0.25) is 0 Å². The number of rotatable bonds is 2. The number of amides is 2. The first-order valence-corrected chi connectivity index (χ1v) is 3.93. The number of nitrogens with two attached hydrogens (primary N) is 1. The van der Waals surface area contributed by atoms with Crippen LogP contribution in [-0.4, -0.2) is 23.3 Å². The van der Waals surface area contributed by atoms with Gasteiger partial charge in [0.05, 0.1) is 0 Å². The summed E-state index contributed by atoms with van der Waals surface area (Å²) in [6, 6.07) is 0. The third kappa shape index (κ3) is 1.47. The van der Waals surface area contributed by atoms with Gasteiger partial charge in [-0.2, -0.15) is 0 Å². The maximum Gasteiger partial charge on any atom is 0.265 e. The molecule has 1 aliphatic rings. The van der Waals surface area contributed by atoms with E-state index >= 15 is 0 Å². The zero-order valence-electron chi connectivity index (χ0n) is 7.04. The fourth-order valence-electron chi connectivity index (χ4n) is 1.33. The zero-order chi connectivity index (χ0) is 9.14. The molecule has 1 aliphatic heterocycles. The second kappa shape index (κ2) is 3.38. The van der Waals surface area contributed by atoms with Crippen molar-refractivity contribution in [2.45, 2.75) is 19.8 Å². The molecular formula is C8H12N2O2. The quantitative estimate of drug-likeness (QED) is 0.590. The van der Waals surface area contributed by atoms with Gasteiger partial charge in [0.15, 0.2) is 0 Å². The Morgan fingerprint density at radius 2 is 2.33 bits per heavy atom. The van der Waals surface area contributed by atoms with Crippen molar-refractivity contribution in [1.82, 2.24) is 4.90 Å². The average molecular weight is 168 g/mol. The summed E-state index contributed by atoms with van der Waals surface area (Å²) in [6.07, 6.45) is 2.90. The van der Waals surface area contributed by atoms with Crippen molar-refractivity contribution < 1.29 is 9.59 Å². The number of primary amides is 1. The summed E-state index contributed by atoms with van der Waals surface area (Å²) < 4.78 is 0. The first-order valence-electron chi connectivity index (χ1n) is 3.93. The van der Waals surface area contributed by atoms with E-state index in [0.717, 1.165) is 6.42 Å². The number of carbonyl (C=O) groups is 2. The van der Waals surface area contributed by atoms with Crippen molar-refractivity contribution in [2.24, 2.45) is 5.73 Å². The number of hydrogen-bond acceptors (Lipinski definition) is 2. The van der Waals surface area contributed by atoms with Crippen molar-refractivity contribution in [2.75, 3.05) is 6.54 Å². The Morgan fingerprint density at radius 1 is 1.67 bits per heavy atom. The van der Waals surface area contributed by atoms with Crippen molar-refractivity contribution >= 4 is 11.8 Å². The van der Waals surface area contributed by atoms with E-state index in [9.17, 15) is 9.59 Å². The summed E-state index contributed by atoms with van der Waals surface area (Å²) in [5.74, 6) is -0.547. The normalized spacial score (nSPS) is 18.6. The molecule has 1 rings (SSSR count). The van der Waals surface area contributed by atoms with Gasteiger partial charge in [-0.05, 0) is 13.3 Å². The predicted octanol–water partition coefficient (Wildman–Crippen LogP) is -0.00210. The first-order chi connectivity index (χ1) is 5.66. The highest BCUT2D eigenvalue weighted by Crippen LogP contribution is 2.15. The molecule has 0 bridgehead atoms. The molecule has 1 heterocycles. The van der Waals surface area contributed by atoms with E-state index in [1.807, 2.05) is 0 Å². The molecule has 0 atom stereocenters. The molecule has 0 saturated carbocycles. The molecule has 66 valence electrons. The van der Waals surface area contributed by atoms with Gasteiger partial charge in [-0.1, -0.05) is 6.08 Å². The highest BCUT2D eigenvalue weighted by Gasteiger charge is 2.25. The molecule has 4 nitrogen and oxygen atoms in total. The van der Waals surface area contributed by atoms with Crippen molar-refractivity contribution in [3.63, 3.8) is 0 Å². The Labute approximate surface area is 71.0 Å². The van der Waals surface area contributed by atoms with Crippen LogP contribution in [0.5, 0.6) is 0 Å². The minimum absolute atomic E-state index is 0.0121. The van der Waals surface area contributed by atoms with Crippen LogP contribution in [0.15, 0.2) is 11.8 Å². The highest BCUT2D eigenvalue weighted by molar-refractivity contribution is 5.96. The molecule has 0 radical (unpaired) electrons. The van der Waals surface area contributed by atoms with Crippen LogP contribution >= 0.6 is 0 Å². The smallest absolute Gasteiger partial charge is 0.265 e. The fraction of sp³-hybridized carbons (Fsp3) is 0.500. The second-order valence-electron chi connectivity index (χ2n) is 2.69. The van der Waals surface area contributed by atoms with Crippen LogP contribution in [0.25, 0.3) is 0 Å². The molecule has 2 amide bonds. The summed E-state index contributed by atoms with van der Waals surface area (Å²) in [5.41, 5.74) is 5.41. The first kappa shape index (κ1) is 8.77. The van der Waals surface area contributed by atoms with Crippen LogP contribution in [0.4, 0.5) is 0 Å². The lowest BCUT2D eigenvalue weighted by Gasteiger charge is -2.15. The molecule has 0 unspecified atom stereocenters. The molecule has 0 spiro atoms. The van der Waals surface area contributed by atoms with Crippen LogP contribution in [0.1, 0.15) is 19.8 Å². The fourth-order valence-corrected chi connectivity index (χ4v) is 1.33. The number of allylic oxidation sites excluding steroid dienone is 1. The van der Waals surface area contributed by atoms with Gasteiger partial charge in [-0.15, -0.1) is 0 Å². The van der Waals surface area contributed by atoms with Gasteiger partial charge in [0, 0.05) is 13.0 Å². The Kier molecular flexibility index (Phi) is 2.47. The Bertz CT molecular complexity index is 245. The minimum atomic E-state index is -0.534. The van der Waals surface area contributed by atoms with Gasteiger partial charge < -0.3 is 10.6 Å². The predicted molar refractivity (Wildman–Crippen MR) is 43.9 cm³/mol. The molecule has 1 fully saturated rings. The summed E-state index contributed by atoms with van der Waals surface area (Å²) in [6.45, 7) is 2.31. The number of nitrogens with zero attached hydrogens (tertiary/aromatic N) is 1. The Morgan fingerprint density at radius 3 is 2.67 bits per heavy atom. The van der Waals surface area contributed by atoms with E-state index in [-0.39, 0.29) is 5.91 Å². The Balaban J connectivity index is 2.80. The standard InChI is InChI=1S/C8H12N2O2/c1-2-6(8(9)12)10-5-3-4-7(10)11/h2H,3-5H2,1H3,(H2,9,12). The third-order valence-electron chi connectivity index (χ3n) is 1.89. The second-order valence-corrected chi connectivity index (χ2v) is 2.69. The molecule has 1 saturated heterocycles. The van der Waals surface area contributed by atoms with Gasteiger partial charge in [0.2, 0.25) is 5.91 Å². The maximum atomic E-state index is 11.2. The summed E-state index contributed by atoms with van der Waals surface area (Å²) in [5, 5.41) is 0. The van der Waals surface area contributed by atoms with Gasteiger partial charge in [-0.25, -0.2) is 0 Å². The summed E-state index contributed by atoms with van der Waals surface area (Å²) >= 11 is 0. The van der Waals surface area contributed by atoms with E-state index in [4.69, 9.17) is 5.73 Å². The minimum Gasteiger partial charge on any atom is -0.364 e. The van der Waals surface area contributed by atoms with Gasteiger partial charge in [0.1, 0.15) is 5.70 Å². The molecule has 0 aliphatic carbocycles. The van der Waals surface area contributed by atoms with Gasteiger partial charge in [0.25, 0.3) is 5.91 Å². The SMILES string of the molecule is CC=C(C(N)=O)N1CCCC1=O. The monoisotopic (exact) mass is 168 g/mol. The van der Waals surface area contributed by atoms with E-state index in [0.29, 0.717) is 18.7 Å².